The van der Waals surface area contributed by atoms with Crippen molar-refractivity contribution >= 4 is 17.9 Å². The zero-order valence-corrected chi connectivity index (χ0v) is 13.9. The van der Waals surface area contributed by atoms with Crippen LogP contribution in [0.1, 0.15) is 27.6 Å². The first-order valence-electron chi connectivity index (χ1n) is 5.51. The predicted molar refractivity (Wildman–Crippen MR) is 71.5 cm³/mol. The maximum Gasteiger partial charge on any atom is 1.00 e. The van der Waals surface area contributed by atoms with Gasteiger partial charge in [0.1, 0.15) is 0 Å². The van der Waals surface area contributed by atoms with Gasteiger partial charge in [0, 0.05) is 6.08 Å². The summed E-state index contributed by atoms with van der Waals surface area (Å²) in [6.07, 6.45) is 0.822. The fourth-order valence-corrected chi connectivity index (χ4v) is 1.10. The molecule has 0 aliphatic heterocycles. The maximum atomic E-state index is 10.5. The van der Waals surface area contributed by atoms with Crippen LogP contribution in [0, 0.1) is 6.92 Å². The SMILES string of the molecule is C=CC(=O)OC([CH2-])C.O=C(O)c1ccccc1C(=O)O.[Na+]. The van der Waals surface area contributed by atoms with Gasteiger partial charge in [0.2, 0.25) is 0 Å². The topological polar surface area (TPSA) is 101 Å². The molecule has 2 N–H and O–H groups in total. The Kier molecular flexibility index (Phi) is 11.4. The normalized spacial score (nSPS) is 10.0. The Morgan fingerprint density at radius 2 is 1.57 bits per heavy atom. The first-order valence-corrected chi connectivity index (χ1v) is 5.51. The first-order chi connectivity index (χ1) is 9.29. The summed E-state index contributed by atoms with van der Waals surface area (Å²) in [5.41, 5.74) is -0.380. The quantitative estimate of drug-likeness (QED) is 0.321. The van der Waals surface area contributed by atoms with E-state index in [1.165, 1.54) is 24.3 Å². The van der Waals surface area contributed by atoms with Crippen LogP contribution in [-0.2, 0) is 9.53 Å². The number of esters is 1. The van der Waals surface area contributed by atoms with Crippen LogP contribution < -0.4 is 29.6 Å². The number of carboxylic acids is 2. The molecule has 1 rings (SSSR count). The van der Waals surface area contributed by atoms with Crippen molar-refractivity contribution in [2.45, 2.75) is 13.0 Å². The van der Waals surface area contributed by atoms with Crippen molar-refractivity contribution in [2.24, 2.45) is 0 Å². The van der Waals surface area contributed by atoms with E-state index in [1.807, 2.05) is 0 Å². The average molecular weight is 302 g/mol. The van der Waals surface area contributed by atoms with Crippen LogP contribution in [-0.4, -0.2) is 34.2 Å². The molecule has 1 aromatic rings. The summed E-state index contributed by atoms with van der Waals surface area (Å²) in [5.74, 6) is -2.88. The minimum atomic E-state index is -1.23. The summed E-state index contributed by atoms with van der Waals surface area (Å²) < 4.78 is 4.53. The van der Waals surface area contributed by atoms with E-state index in [0.29, 0.717) is 0 Å². The monoisotopic (exact) mass is 302 g/mol. The Morgan fingerprint density at radius 3 is 1.76 bits per heavy atom. The summed E-state index contributed by atoms with van der Waals surface area (Å²) in [6, 6.07) is 5.48. The van der Waals surface area contributed by atoms with Gasteiger partial charge < -0.3 is 21.9 Å². The van der Waals surface area contributed by atoms with Crippen molar-refractivity contribution in [3.63, 3.8) is 0 Å². The van der Waals surface area contributed by atoms with Gasteiger partial charge in [-0.2, -0.15) is 0 Å². The molecule has 6 nitrogen and oxygen atoms in total. The molecule has 0 saturated heterocycles. The van der Waals surface area contributed by atoms with Gasteiger partial charge in [-0.3, -0.25) is 0 Å². The Hall–Kier alpha value is -1.63. The molecule has 7 heteroatoms. The van der Waals surface area contributed by atoms with Crippen molar-refractivity contribution in [3.8, 4) is 0 Å². The summed E-state index contributed by atoms with van der Waals surface area (Å²) in [5, 5.41) is 17.1. The van der Waals surface area contributed by atoms with Crippen LogP contribution in [0.2, 0.25) is 0 Å². The molecule has 0 fully saturated rings. The molecule has 0 radical (unpaired) electrons. The number of benzene rings is 1. The Bertz CT molecular complexity index is 477. The van der Waals surface area contributed by atoms with Crippen molar-refractivity contribution in [3.05, 3.63) is 55.0 Å². The van der Waals surface area contributed by atoms with E-state index < -0.39 is 17.9 Å². The molecule has 0 aliphatic carbocycles. The molecule has 0 aliphatic rings. The van der Waals surface area contributed by atoms with Gasteiger partial charge in [0.25, 0.3) is 0 Å². The second-order valence-electron chi connectivity index (χ2n) is 3.61. The largest absolute Gasteiger partial charge is 1.00 e. The molecule has 108 valence electrons. The van der Waals surface area contributed by atoms with Crippen LogP contribution in [0.3, 0.4) is 0 Å². The molecule has 1 unspecified atom stereocenters. The minimum Gasteiger partial charge on any atom is -0.493 e. The number of ether oxygens (including phenoxy) is 1. The van der Waals surface area contributed by atoms with Gasteiger partial charge >= 0.3 is 47.5 Å². The fourth-order valence-electron chi connectivity index (χ4n) is 1.10. The Morgan fingerprint density at radius 1 is 1.19 bits per heavy atom. The summed E-state index contributed by atoms with van der Waals surface area (Å²) in [7, 11) is 0. The second-order valence-corrected chi connectivity index (χ2v) is 3.61. The number of rotatable bonds is 4. The van der Waals surface area contributed by atoms with E-state index >= 15 is 0 Å². The first kappa shape index (κ1) is 21.7. The molecule has 0 aromatic heterocycles. The summed E-state index contributed by atoms with van der Waals surface area (Å²) in [4.78, 5) is 31.2. The standard InChI is InChI=1S/C8H6O4.C6H9O2.Na/c9-7(10)5-3-1-2-4-6(5)8(11)12;1-4-6(7)8-5(2)3;/h1-4H,(H,9,10)(H,11,12);4-5H,1-2H2,3H3;/q;-1;+1. The molecule has 0 amide bonds. The van der Waals surface area contributed by atoms with Gasteiger partial charge in [-0.15, -0.1) is 0 Å². The number of carbonyl (C=O) groups is 3. The molecule has 21 heavy (non-hydrogen) atoms. The molecule has 1 atom stereocenters. The van der Waals surface area contributed by atoms with Gasteiger partial charge in [-0.05, 0) is 18.2 Å². The fraction of sp³-hybridized carbons (Fsp3) is 0.143. The third-order valence-corrected chi connectivity index (χ3v) is 1.87. The summed E-state index contributed by atoms with van der Waals surface area (Å²) >= 11 is 0. The Labute approximate surface area is 144 Å². The van der Waals surface area contributed by atoms with Crippen molar-refractivity contribution in [1.82, 2.24) is 0 Å². The average Bonchev–Trinajstić information content (AvgIpc) is 2.38. The van der Waals surface area contributed by atoms with Gasteiger partial charge in [0.05, 0.1) is 11.1 Å². The molecule has 0 saturated carbocycles. The van der Waals surface area contributed by atoms with Gasteiger partial charge in [0.15, 0.2) is 0 Å². The smallest absolute Gasteiger partial charge is 0.493 e. The maximum absolute atomic E-state index is 10.5. The van der Waals surface area contributed by atoms with Gasteiger partial charge in [-0.1, -0.05) is 25.6 Å². The van der Waals surface area contributed by atoms with Crippen LogP contribution in [0.15, 0.2) is 36.9 Å². The number of hydrogen-bond acceptors (Lipinski definition) is 4. The third kappa shape index (κ3) is 9.01. The number of carbonyl (C=O) groups excluding carboxylic acids is 1. The Balaban J connectivity index is 0. The number of carboxylic acid groups (broad SMARTS) is 2. The summed E-state index contributed by atoms with van der Waals surface area (Å²) in [6.45, 7) is 8.33. The van der Waals surface area contributed by atoms with Crippen molar-refractivity contribution in [1.29, 1.82) is 0 Å². The third-order valence-electron chi connectivity index (χ3n) is 1.87. The zero-order chi connectivity index (χ0) is 15.7. The molecule has 0 spiro atoms. The van der Waals surface area contributed by atoms with E-state index in [9.17, 15) is 14.4 Å². The molecular formula is C14H15NaO6. The van der Waals surface area contributed by atoms with Crippen LogP contribution in [0.5, 0.6) is 0 Å². The van der Waals surface area contributed by atoms with Crippen LogP contribution >= 0.6 is 0 Å². The zero-order valence-electron chi connectivity index (χ0n) is 11.9. The van der Waals surface area contributed by atoms with E-state index in [4.69, 9.17) is 10.2 Å². The van der Waals surface area contributed by atoms with E-state index in [2.05, 4.69) is 18.2 Å². The molecular weight excluding hydrogens is 287 g/mol. The number of hydrogen-bond donors (Lipinski definition) is 2. The molecule has 0 bridgehead atoms. The number of aromatic carboxylic acids is 2. The molecule has 0 heterocycles. The van der Waals surface area contributed by atoms with E-state index in [-0.39, 0.29) is 46.8 Å². The second kappa shape index (κ2) is 11.1. The van der Waals surface area contributed by atoms with E-state index in [1.54, 1.807) is 6.92 Å². The molecule has 1 aromatic carbocycles. The van der Waals surface area contributed by atoms with Crippen molar-refractivity contribution in [2.75, 3.05) is 0 Å². The van der Waals surface area contributed by atoms with Crippen LogP contribution in [0.4, 0.5) is 0 Å². The van der Waals surface area contributed by atoms with Gasteiger partial charge in [-0.25, -0.2) is 14.4 Å². The predicted octanol–water partition coefficient (Wildman–Crippen LogP) is -0.975. The van der Waals surface area contributed by atoms with Crippen LogP contribution in [0.25, 0.3) is 0 Å². The minimum absolute atomic E-state index is 0. The van der Waals surface area contributed by atoms with Crippen molar-refractivity contribution < 1.29 is 58.9 Å². The van der Waals surface area contributed by atoms with E-state index in [0.717, 1.165) is 6.08 Å².